The topological polar surface area (TPSA) is 67.3 Å². The molecule has 0 amide bonds. The average molecular weight is 895 g/mol. The number of hydrogen-bond acceptors (Lipinski definition) is 3. The van der Waals surface area contributed by atoms with E-state index in [1.165, 1.54) is 20.2 Å². The predicted molar refractivity (Wildman–Crippen MR) is 286 cm³/mol. The van der Waals surface area contributed by atoms with E-state index in [-0.39, 0.29) is 0 Å². The lowest BCUT2D eigenvalue weighted by Gasteiger charge is -2.27. The van der Waals surface area contributed by atoms with Crippen molar-refractivity contribution in [3.63, 3.8) is 0 Å². The van der Waals surface area contributed by atoms with Gasteiger partial charge in [-0.1, -0.05) is 146 Å². The number of thiophene rings is 1. The fourth-order valence-corrected chi connectivity index (χ4v) is 12.9. The van der Waals surface area contributed by atoms with Crippen LogP contribution in [-0.2, 0) is 0 Å². The van der Waals surface area contributed by atoms with Crippen molar-refractivity contribution in [1.82, 2.24) is 18.3 Å². The first-order valence-electron chi connectivity index (χ1n) is 23.1. The van der Waals surface area contributed by atoms with E-state index in [0.29, 0.717) is 28.2 Å². The van der Waals surface area contributed by atoms with Gasteiger partial charge >= 0.3 is 0 Å². The van der Waals surface area contributed by atoms with Crippen LogP contribution >= 0.6 is 11.3 Å². The van der Waals surface area contributed by atoms with E-state index in [0.717, 1.165) is 92.9 Å². The van der Waals surface area contributed by atoms with Gasteiger partial charge in [0.15, 0.2) is 0 Å². The second-order valence-electron chi connectivity index (χ2n) is 17.8. The number of nitrogens with zero attached hydrogens (tertiary/aromatic N) is 6. The van der Waals surface area contributed by atoms with Crippen LogP contribution in [0.5, 0.6) is 0 Å². The highest BCUT2D eigenvalue weighted by atomic mass is 32.1. The SMILES string of the molecule is N#Cc1c(-n2c3ccccc3c3ccccc32)c(-n2c3ccccc3c3ccccc32)c(-n2c3ccccc3c3ccccc32)c(C#N)c1-n1c2ccccc2c2c3c(ccc21)sc1ccccc13. The average Bonchev–Trinajstić information content (AvgIpc) is 4.21. The van der Waals surface area contributed by atoms with Gasteiger partial charge < -0.3 is 18.3 Å². The molecule has 7 heteroatoms. The van der Waals surface area contributed by atoms with Gasteiger partial charge in [0.1, 0.15) is 23.3 Å². The maximum Gasteiger partial charge on any atom is 0.104 e. The lowest BCUT2D eigenvalue weighted by Crippen LogP contribution is -2.16. The summed E-state index contributed by atoms with van der Waals surface area (Å²) in [4.78, 5) is 0. The first-order valence-corrected chi connectivity index (χ1v) is 23.9. The zero-order valence-corrected chi connectivity index (χ0v) is 37.5. The molecule has 0 unspecified atom stereocenters. The molecule has 0 N–H and O–H groups in total. The second kappa shape index (κ2) is 14.1. The van der Waals surface area contributed by atoms with Crippen molar-refractivity contribution in [2.45, 2.75) is 0 Å². The van der Waals surface area contributed by atoms with E-state index in [9.17, 15) is 10.5 Å². The molecule has 0 aliphatic rings. The minimum absolute atomic E-state index is 0.386. The van der Waals surface area contributed by atoms with E-state index in [1.54, 1.807) is 11.3 Å². The second-order valence-corrected chi connectivity index (χ2v) is 18.8. The molecule has 0 radical (unpaired) electrons. The Kier molecular flexibility index (Phi) is 7.70. The minimum atomic E-state index is 0.386. The molecular formula is C62H34N6S. The van der Waals surface area contributed by atoms with Crippen LogP contribution in [0.4, 0.5) is 0 Å². The monoisotopic (exact) mass is 894 g/mol. The zero-order valence-electron chi connectivity index (χ0n) is 36.7. The van der Waals surface area contributed by atoms with Crippen molar-refractivity contribution in [2.75, 3.05) is 0 Å². The van der Waals surface area contributed by atoms with E-state index in [1.807, 2.05) is 0 Å². The van der Waals surface area contributed by atoms with Gasteiger partial charge in [-0.15, -0.1) is 11.3 Å². The van der Waals surface area contributed by atoms with Gasteiger partial charge in [-0.3, -0.25) is 0 Å². The number of para-hydroxylation sites is 7. The third-order valence-electron chi connectivity index (χ3n) is 14.4. The highest BCUT2D eigenvalue weighted by Gasteiger charge is 2.34. The van der Waals surface area contributed by atoms with Crippen LogP contribution in [-0.4, -0.2) is 18.3 Å². The summed E-state index contributed by atoms with van der Waals surface area (Å²) in [6.45, 7) is 0. The van der Waals surface area contributed by atoms with E-state index < -0.39 is 0 Å². The first kappa shape index (κ1) is 37.8. The van der Waals surface area contributed by atoms with Crippen LogP contribution in [0.3, 0.4) is 0 Å². The quantitative estimate of drug-likeness (QED) is 0.177. The molecule has 6 nitrogen and oxygen atoms in total. The summed E-state index contributed by atoms with van der Waals surface area (Å²) < 4.78 is 11.5. The Hall–Kier alpha value is -9.40. The van der Waals surface area contributed by atoms with Crippen molar-refractivity contribution in [2.24, 2.45) is 0 Å². The first-order chi connectivity index (χ1) is 34.2. The largest absolute Gasteiger partial charge is 0.306 e. The highest BCUT2D eigenvalue weighted by Crippen LogP contribution is 2.50. The molecule has 0 atom stereocenters. The van der Waals surface area contributed by atoms with Crippen LogP contribution in [0.2, 0.25) is 0 Å². The molecule has 5 heterocycles. The maximum absolute atomic E-state index is 12.4. The summed E-state index contributed by atoms with van der Waals surface area (Å²) in [5.74, 6) is 0. The molecule has 0 aliphatic heterocycles. The van der Waals surface area contributed by atoms with Gasteiger partial charge in [0.25, 0.3) is 0 Å². The Labute approximate surface area is 397 Å². The Bertz CT molecular complexity index is 4510. The van der Waals surface area contributed by atoms with Crippen molar-refractivity contribution in [3.05, 3.63) is 217 Å². The zero-order chi connectivity index (χ0) is 45.5. The van der Waals surface area contributed by atoms with Crippen molar-refractivity contribution < 1.29 is 0 Å². The lowest BCUT2D eigenvalue weighted by atomic mass is 9.98. The molecule has 69 heavy (non-hydrogen) atoms. The highest BCUT2D eigenvalue weighted by molar-refractivity contribution is 7.26. The van der Waals surface area contributed by atoms with Gasteiger partial charge in [0.2, 0.25) is 0 Å². The van der Waals surface area contributed by atoms with Crippen LogP contribution in [0, 0.1) is 22.7 Å². The van der Waals surface area contributed by atoms with Crippen LogP contribution < -0.4 is 0 Å². The van der Waals surface area contributed by atoms with Gasteiger partial charge in [0.05, 0.1) is 66.9 Å². The summed E-state index contributed by atoms with van der Waals surface area (Å²) >= 11 is 1.79. The van der Waals surface area contributed by atoms with E-state index in [4.69, 9.17) is 0 Å². The number of hydrogen-bond donors (Lipinski definition) is 0. The number of benzene rings is 10. The molecule has 0 bridgehead atoms. The van der Waals surface area contributed by atoms with Gasteiger partial charge in [-0.25, -0.2) is 0 Å². The van der Waals surface area contributed by atoms with Crippen LogP contribution in [0.25, 0.3) is 130 Å². The molecule has 0 aliphatic carbocycles. The predicted octanol–water partition coefficient (Wildman–Crippen LogP) is 16.2. The maximum atomic E-state index is 12.4. The number of fused-ring (bicyclic) bond motifs is 16. The Morgan fingerprint density at radius 2 is 0.580 bits per heavy atom. The van der Waals surface area contributed by atoms with Crippen LogP contribution in [0.1, 0.15) is 11.1 Å². The number of nitriles is 2. The standard InChI is InChI=1S/C62H34N6S/c63-35-45-59(68-53-31-15-7-23-43(53)57-54(68)33-34-56-58(57)44-24-8-16-32-55(44)69-56)46(36-64)61(66-49-27-11-3-19-39(49)40-20-4-12-28-50(40)66)62(67-51-29-13-5-21-41(51)42-22-6-14-30-52(42)67)60(45)65-47-25-9-1-17-37(47)38-18-2-10-26-48(38)65/h1-34H. The third kappa shape index (κ3) is 4.91. The third-order valence-corrected chi connectivity index (χ3v) is 15.6. The summed E-state index contributed by atoms with van der Waals surface area (Å²) in [6, 6.07) is 78.2. The van der Waals surface area contributed by atoms with Crippen molar-refractivity contribution >= 4 is 119 Å². The molecule has 0 fully saturated rings. The molecular weight excluding hydrogens is 861 g/mol. The molecule has 0 spiro atoms. The molecule has 0 saturated heterocycles. The molecule has 5 aromatic heterocycles. The molecule has 318 valence electrons. The molecule has 15 rings (SSSR count). The number of aromatic nitrogens is 4. The summed E-state index contributed by atoms with van der Waals surface area (Å²) in [6.07, 6.45) is 0. The number of rotatable bonds is 4. The summed E-state index contributed by atoms with van der Waals surface area (Å²) in [5.41, 5.74) is 11.0. The normalized spacial score (nSPS) is 12.0. The minimum Gasteiger partial charge on any atom is -0.306 e. The van der Waals surface area contributed by atoms with Crippen molar-refractivity contribution in [1.29, 1.82) is 10.5 Å². The molecule has 15 aromatic rings. The van der Waals surface area contributed by atoms with Gasteiger partial charge in [-0.2, -0.15) is 10.5 Å². The smallest absolute Gasteiger partial charge is 0.104 e. The van der Waals surface area contributed by atoms with E-state index in [2.05, 4.69) is 237 Å². The van der Waals surface area contributed by atoms with E-state index >= 15 is 0 Å². The molecule has 0 saturated carbocycles. The van der Waals surface area contributed by atoms with Crippen LogP contribution in [0.15, 0.2) is 206 Å². The summed E-state index contributed by atoms with van der Waals surface area (Å²) in [7, 11) is 0. The fourth-order valence-electron chi connectivity index (χ4n) is 11.8. The lowest BCUT2D eigenvalue weighted by molar-refractivity contribution is 1.02. The Morgan fingerprint density at radius 1 is 0.261 bits per heavy atom. The fraction of sp³-hybridized carbons (Fsp3) is 0. The molecule has 10 aromatic carbocycles. The van der Waals surface area contributed by atoms with Gasteiger partial charge in [-0.05, 0) is 60.7 Å². The van der Waals surface area contributed by atoms with Crippen molar-refractivity contribution in [3.8, 4) is 34.9 Å². The Morgan fingerprint density at radius 3 is 0.986 bits per heavy atom. The van der Waals surface area contributed by atoms with Gasteiger partial charge in [0, 0.05) is 63.3 Å². The Balaban J connectivity index is 1.28. The summed E-state index contributed by atoms with van der Waals surface area (Å²) in [5, 5.41) is 35.7.